The highest BCUT2D eigenvalue weighted by molar-refractivity contribution is 6.22. The van der Waals surface area contributed by atoms with E-state index in [4.69, 9.17) is 37.9 Å². The van der Waals surface area contributed by atoms with Gasteiger partial charge in [0.05, 0.1) is 50.3 Å². The molecule has 14 unspecified atom stereocenters. The second kappa shape index (κ2) is 14.0. The van der Waals surface area contributed by atoms with E-state index in [1.807, 2.05) is 0 Å². The van der Waals surface area contributed by atoms with Gasteiger partial charge in [-0.05, 0) is 17.7 Å². The van der Waals surface area contributed by atoms with Gasteiger partial charge in [0, 0.05) is 20.6 Å². The Balaban J connectivity index is 1.45. The van der Waals surface area contributed by atoms with Crippen LogP contribution in [0.25, 0.3) is 5.57 Å². The maximum atomic E-state index is 14.1. The zero-order chi connectivity index (χ0) is 31.7. The van der Waals surface area contributed by atoms with Crippen LogP contribution in [0, 0.1) is 5.92 Å². The Bertz CT molecular complexity index is 1150. The third-order valence-electron chi connectivity index (χ3n) is 8.68. The molecule has 3 heterocycles. The summed E-state index contributed by atoms with van der Waals surface area (Å²) >= 11 is 0. The fourth-order valence-electron chi connectivity index (χ4n) is 6.18. The Labute approximate surface area is 253 Å². The molecule has 246 valence electrons. The Morgan fingerprint density at radius 2 is 1.57 bits per heavy atom. The van der Waals surface area contributed by atoms with Crippen LogP contribution >= 0.6 is 0 Å². The van der Waals surface area contributed by atoms with E-state index in [0.717, 1.165) is 0 Å². The van der Waals surface area contributed by atoms with E-state index in [2.05, 4.69) is 0 Å². The number of allylic oxidation sites excluding steroid dienone is 1. The van der Waals surface area contributed by atoms with Crippen molar-refractivity contribution in [2.24, 2.45) is 5.92 Å². The molecule has 0 spiro atoms. The number of carbonyl (C=O) groups excluding carboxylic acids is 1. The summed E-state index contributed by atoms with van der Waals surface area (Å²) in [7, 11) is 4.48. The zero-order valence-corrected chi connectivity index (χ0v) is 24.4. The summed E-state index contributed by atoms with van der Waals surface area (Å²) in [4.78, 5) is 14.1. The van der Waals surface area contributed by atoms with Gasteiger partial charge >= 0.3 is 0 Å². The number of aliphatic hydroxyl groups excluding tert-OH is 6. The lowest BCUT2D eigenvalue weighted by molar-refractivity contribution is -0.366. The number of benzene rings is 1. The second-order valence-corrected chi connectivity index (χ2v) is 11.2. The first-order chi connectivity index (χ1) is 21.1. The van der Waals surface area contributed by atoms with Gasteiger partial charge in [0.1, 0.15) is 60.7 Å². The Kier molecular flexibility index (Phi) is 10.6. The van der Waals surface area contributed by atoms with E-state index in [9.17, 15) is 35.4 Å². The van der Waals surface area contributed by atoms with Gasteiger partial charge in [-0.25, -0.2) is 0 Å². The molecule has 1 saturated carbocycles. The third kappa shape index (κ3) is 6.25. The number of fused-ring (bicyclic) bond motifs is 1. The summed E-state index contributed by atoms with van der Waals surface area (Å²) < 4.78 is 45.9. The zero-order valence-electron chi connectivity index (χ0n) is 24.4. The van der Waals surface area contributed by atoms with Gasteiger partial charge < -0.3 is 68.5 Å². The predicted octanol–water partition coefficient (Wildman–Crippen LogP) is -2.30. The summed E-state index contributed by atoms with van der Waals surface area (Å²) in [6.45, 7) is -1.07. The van der Waals surface area contributed by atoms with Gasteiger partial charge in [0.2, 0.25) is 0 Å². The van der Waals surface area contributed by atoms with Gasteiger partial charge in [-0.2, -0.15) is 0 Å². The smallest absolute Gasteiger partial charge is 0.187 e. The lowest BCUT2D eigenvalue weighted by Crippen LogP contribution is -2.65. The predicted molar refractivity (Wildman–Crippen MR) is 146 cm³/mol. The normalized spacial score (nSPS) is 42.7. The van der Waals surface area contributed by atoms with Crippen molar-refractivity contribution in [2.75, 3.05) is 34.5 Å². The van der Waals surface area contributed by atoms with E-state index in [-0.39, 0.29) is 24.4 Å². The summed E-state index contributed by atoms with van der Waals surface area (Å²) in [6.07, 6.45) is -15.5. The van der Waals surface area contributed by atoms with Crippen LogP contribution in [0.15, 0.2) is 30.5 Å². The topological polar surface area (TPSA) is 212 Å². The summed E-state index contributed by atoms with van der Waals surface area (Å²) in [6, 6.07) is 6.85. The quantitative estimate of drug-likeness (QED) is 0.170. The number of ketones is 1. The van der Waals surface area contributed by atoms with E-state index in [0.29, 0.717) is 11.3 Å². The average molecular weight is 629 g/mol. The van der Waals surface area contributed by atoms with Gasteiger partial charge in [-0.3, -0.25) is 4.79 Å². The molecule has 0 bridgehead atoms. The van der Waals surface area contributed by atoms with Gasteiger partial charge in [0.25, 0.3) is 0 Å². The molecule has 0 aromatic heterocycles. The van der Waals surface area contributed by atoms with Crippen molar-refractivity contribution in [3.8, 4) is 5.75 Å². The molecule has 1 aliphatic carbocycles. The summed E-state index contributed by atoms with van der Waals surface area (Å²) in [5.74, 6) is -0.669. The number of hydrogen-bond acceptors (Lipinski definition) is 15. The molecule has 15 heteroatoms. The molecule has 3 fully saturated rings. The fourth-order valence-corrected chi connectivity index (χ4v) is 6.18. The van der Waals surface area contributed by atoms with Crippen LogP contribution in [0.5, 0.6) is 5.75 Å². The number of aliphatic hydroxyl groups is 6. The van der Waals surface area contributed by atoms with E-state index >= 15 is 0 Å². The molecule has 5 rings (SSSR count). The van der Waals surface area contributed by atoms with Gasteiger partial charge in [0.15, 0.2) is 18.4 Å². The fraction of sp³-hybridized carbons (Fsp3) is 0.690. The minimum Gasteiger partial charge on any atom is -0.497 e. The van der Waals surface area contributed by atoms with Crippen LogP contribution in [0.1, 0.15) is 12.0 Å². The number of methoxy groups -OCH3 is 3. The van der Waals surface area contributed by atoms with Crippen LogP contribution in [0.4, 0.5) is 0 Å². The molecule has 0 amide bonds. The van der Waals surface area contributed by atoms with Crippen molar-refractivity contribution in [1.82, 2.24) is 0 Å². The van der Waals surface area contributed by atoms with Crippen LogP contribution < -0.4 is 4.74 Å². The van der Waals surface area contributed by atoms with Crippen LogP contribution in [0.3, 0.4) is 0 Å². The number of ether oxygens (including phenoxy) is 8. The lowest BCUT2D eigenvalue weighted by Gasteiger charge is -2.49. The summed E-state index contributed by atoms with van der Waals surface area (Å²) in [5.41, 5.74) is 0.856. The molecule has 1 aromatic carbocycles. The van der Waals surface area contributed by atoms with Crippen molar-refractivity contribution in [3.05, 3.63) is 36.1 Å². The highest BCUT2D eigenvalue weighted by atomic mass is 16.8. The molecule has 14 atom stereocenters. The van der Waals surface area contributed by atoms with Crippen molar-refractivity contribution in [3.63, 3.8) is 0 Å². The highest BCUT2D eigenvalue weighted by Gasteiger charge is 2.56. The van der Waals surface area contributed by atoms with E-state index < -0.39 is 92.2 Å². The van der Waals surface area contributed by atoms with Crippen molar-refractivity contribution < 1.29 is 73.3 Å². The van der Waals surface area contributed by atoms with Gasteiger partial charge in [-0.15, -0.1) is 0 Å². The van der Waals surface area contributed by atoms with Crippen molar-refractivity contribution in [2.45, 2.75) is 86.1 Å². The molecule has 15 nitrogen and oxygen atoms in total. The molecular formula is C29H40O15. The maximum absolute atomic E-state index is 14.1. The first kappa shape index (κ1) is 33.1. The molecule has 44 heavy (non-hydrogen) atoms. The van der Waals surface area contributed by atoms with E-state index in [1.54, 1.807) is 24.3 Å². The minimum atomic E-state index is -1.72. The average Bonchev–Trinajstić information content (AvgIpc) is 3.04. The Hall–Kier alpha value is -2.25. The molecule has 2 saturated heterocycles. The maximum Gasteiger partial charge on any atom is 0.187 e. The molecule has 6 N–H and O–H groups in total. The van der Waals surface area contributed by atoms with Crippen LogP contribution in [-0.4, -0.2) is 151 Å². The van der Waals surface area contributed by atoms with Gasteiger partial charge in [-0.1, -0.05) is 12.1 Å². The third-order valence-corrected chi connectivity index (χ3v) is 8.68. The summed E-state index contributed by atoms with van der Waals surface area (Å²) in [5, 5.41) is 61.9. The number of hydrogen-bond donors (Lipinski definition) is 6. The molecule has 4 aliphatic rings. The monoisotopic (exact) mass is 628 g/mol. The second-order valence-electron chi connectivity index (χ2n) is 11.2. The first-order valence-corrected chi connectivity index (χ1v) is 14.3. The number of carbonyl (C=O) groups is 1. The van der Waals surface area contributed by atoms with Crippen LogP contribution in [-0.2, 0) is 38.0 Å². The van der Waals surface area contributed by atoms with Crippen molar-refractivity contribution in [1.29, 1.82) is 0 Å². The molecule has 1 aromatic rings. The SMILES string of the molecule is COc1ccc(C2=COC3C(OC)C(OC)CC(OC4OC(CO)C(O)C(O)C4OC4OCC(O)C(O)C4O)C3C2=O)cc1. The first-order valence-electron chi connectivity index (χ1n) is 14.3. The standard InChI is InChI=1S/C29H40O15/c1-37-13-6-4-12(5-7-13)14-10-40-26-19(20(14)32)16(8-17(38-2)25(26)39-3)42-29-27(23(35)22(34)18(9-30)43-29)44-28-24(36)21(33)15(31)11-41-28/h4-7,10,15-19,21-31,33-36H,8-9,11H2,1-3H3. The minimum absolute atomic E-state index is 0.115. The largest absolute Gasteiger partial charge is 0.497 e. The number of rotatable bonds is 9. The molecule has 3 aliphatic heterocycles. The van der Waals surface area contributed by atoms with Crippen molar-refractivity contribution >= 4 is 11.4 Å². The lowest BCUT2D eigenvalue weighted by atomic mass is 9.74. The Morgan fingerprint density at radius 1 is 0.841 bits per heavy atom. The van der Waals surface area contributed by atoms with E-state index in [1.165, 1.54) is 27.6 Å². The molecule has 0 radical (unpaired) electrons. The number of Topliss-reactive ketones (excluding diaryl/α,β-unsaturated/α-hetero) is 1. The van der Waals surface area contributed by atoms with Crippen LogP contribution in [0.2, 0.25) is 0 Å². The Morgan fingerprint density at radius 3 is 2.20 bits per heavy atom. The molecular weight excluding hydrogens is 588 g/mol. The highest BCUT2D eigenvalue weighted by Crippen LogP contribution is 2.41.